The van der Waals surface area contributed by atoms with Crippen LogP contribution in [-0.2, 0) is 19.1 Å². The molecule has 3 fully saturated rings. The molecule has 1 aromatic heterocycles. The molecular formula is C40H32BrN3O7S2. The van der Waals surface area contributed by atoms with Gasteiger partial charge in [-0.1, -0.05) is 57.6 Å². The number of carbonyl (C=O) groups is 4. The number of thioether (sulfide) groups is 1. The lowest BCUT2D eigenvalue weighted by atomic mass is 9.68. The molecule has 2 bridgehead atoms. The molecule has 9 rings (SSSR count). The fraction of sp³-hybridized carbons (Fsp3) is 0.275. The Labute approximate surface area is 320 Å². The lowest BCUT2D eigenvalue weighted by Crippen LogP contribution is -2.42. The van der Waals surface area contributed by atoms with Crippen LogP contribution in [0, 0.1) is 29.6 Å². The highest BCUT2D eigenvalue weighted by molar-refractivity contribution is 9.10. The van der Waals surface area contributed by atoms with Crippen molar-refractivity contribution in [3.05, 3.63) is 115 Å². The second-order valence-corrected chi connectivity index (χ2v) is 16.9. The monoisotopic (exact) mass is 809 g/mol. The predicted molar refractivity (Wildman–Crippen MR) is 206 cm³/mol. The lowest BCUT2D eigenvalue weighted by Gasteiger charge is -2.43. The van der Waals surface area contributed by atoms with Crippen molar-refractivity contribution >= 4 is 84.9 Å². The van der Waals surface area contributed by atoms with Crippen molar-refractivity contribution in [1.82, 2.24) is 4.98 Å². The van der Waals surface area contributed by atoms with Gasteiger partial charge in [0.2, 0.25) is 11.8 Å². The Morgan fingerprint density at radius 2 is 1.68 bits per heavy atom. The maximum atomic E-state index is 14.3. The fourth-order valence-corrected chi connectivity index (χ4v) is 12.3. The van der Waals surface area contributed by atoms with Gasteiger partial charge in [0.25, 0.3) is 5.91 Å². The Bertz CT molecular complexity index is 2390. The number of nitrogens with one attached hydrogen (secondary N) is 2. The second-order valence-electron chi connectivity index (χ2n) is 13.8. The van der Waals surface area contributed by atoms with E-state index >= 15 is 0 Å². The molecule has 1 saturated heterocycles. The van der Waals surface area contributed by atoms with Gasteiger partial charge in [0, 0.05) is 31.8 Å². The number of anilines is 2. The van der Waals surface area contributed by atoms with Crippen LogP contribution in [0.3, 0.4) is 0 Å². The second kappa shape index (κ2) is 13.3. The van der Waals surface area contributed by atoms with E-state index in [-0.39, 0.29) is 64.7 Å². The topological polar surface area (TPSA) is 135 Å². The Kier molecular flexibility index (Phi) is 8.55. The number of nitrogens with zero attached hydrogens (tertiary/aromatic N) is 1. The molecular weight excluding hydrogens is 778 g/mol. The van der Waals surface area contributed by atoms with Gasteiger partial charge >= 0.3 is 10.8 Å². The van der Waals surface area contributed by atoms with Gasteiger partial charge in [0.1, 0.15) is 5.75 Å². The third-order valence-electron chi connectivity index (χ3n) is 11.1. The molecule has 13 heteroatoms. The van der Waals surface area contributed by atoms with Crippen LogP contribution in [0.1, 0.15) is 40.1 Å². The predicted octanol–water partition coefficient (Wildman–Crippen LogP) is 7.22. The van der Waals surface area contributed by atoms with Gasteiger partial charge < -0.3 is 19.8 Å². The van der Waals surface area contributed by atoms with Crippen molar-refractivity contribution < 1.29 is 28.7 Å². The number of hydrogen-bond acceptors (Lipinski definition) is 9. The SMILES string of the molecule is CCOC(=O)c1ccc(N2C(=O)C3C(C2=O)[C@@H]2C[C@H]3C3Sc4[nH]c(=O)sc4[C@H](c4cc(Br)ccc4OCC(=O)Nc4ccc5ccccc5c4)C32)cc1. The van der Waals surface area contributed by atoms with E-state index in [0.29, 0.717) is 22.7 Å². The first kappa shape index (κ1) is 34.1. The van der Waals surface area contributed by atoms with Gasteiger partial charge in [-0.3, -0.25) is 24.1 Å². The van der Waals surface area contributed by atoms with Gasteiger partial charge in [-0.2, -0.15) is 0 Å². The highest BCUT2D eigenvalue weighted by atomic mass is 79.9. The molecule has 4 aliphatic rings. The van der Waals surface area contributed by atoms with Crippen molar-refractivity contribution in [3.8, 4) is 5.75 Å². The average Bonchev–Trinajstić information content (AvgIpc) is 3.90. The van der Waals surface area contributed by atoms with E-state index in [1.165, 1.54) is 4.90 Å². The highest BCUT2D eigenvalue weighted by Gasteiger charge is 2.70. The van der Waals surface area contributed by atoms with E-state index in [1.807, 2.05) is 60.7 Å². The van der Waals surface area contributed by atoms with Crippen LogP contribution in [0.15, 0.2) is 99.2 Å². The Hall–Kier alpha value is -4.72. The maximum Gasteiger partial charge on any atom is 0.338 e. The summed E-state index contributed by atoms with van der Waals surface area (Å²) in [6.07, 6.45) is 0.721. The minimum Gasteiger partial charge on any atom is -0.483 e. The first-order chi connectivity index (χ1) is 25.7. The highest BCUT2D eigenvalue weighted by Crippen LogP contribution is 2.69. The van der Waals surface area contributed by atoms with E-state index in [9.17, 15) is 24.0 Å². The number of imide groups is 1. The quantitative estimate of drug-likeness (QED) is 0.124. The normalized spacial score (nSPS) is 25.2. The van der Waals surface area contributed by atoms with Gasteiger partial charge in [-0.05, 0) is 96.5 Å². The van der Waals surface area contributed by atoms with E-state index in [0.717, 1.165) is 48.5 Å². The summed E-state index contributed by atoms with van der Waals surface area (Å²) in [4.78, 5) is 71.7. The molecule has 4 aromatic carbocycles. The molecule has 5 aromatic rings. The fourth-order valence-electron chi connectivity index (χ4n) is 9.08. The van der Waals surface area contributed by atoms with Crippen molar-refractivity contribution in [2.24, 2.45) is 29.6 Å². The Balaban J connectivity index is 1.01. The lowest BCUT2D eigenvalue weighted by molar-refractivity contribution is -0.123. The van der Waals surface area contributed by atoms with Crippen LogP contribution in [0.2, 0.25) is 0 Å². The number of ether oxygens (including phenoxy) is 2. The molecule has 53 heavy (non-hydrogen) atoms. The van der Waals surface area contributed by atoms with Crippen LogP contribution in [0.25, 0.3) is 10.8 Å². The minimum absolute atomic E-state index is 0.0325. The van der Waals surface area contributed by atoms with Crippen LogP contribution >= 0.6 is 39.0 Å². The third kappa shape index (κ3) is 5.71. The summed E-state index contributed by atoms with van der Waals surface area (Å²) in [7, 11) is 0. The summed E-state index contributed by atoms with van der Waals surface area (Å²) in [5, 5.41) is 5.77. The van der Waals surface area contributed by atoms with E-state index in [4.69, 9.17) is 9.47 Å². The molecule has 2 aliphatic heterocycles. The molecule has 0 spiro atoms. The molecule has 3 heterocycles. The number of amides is 3. The number of rotatable bonds is 8. The number of aromatic amines is 1. The molecule has 3 amide bonds. The van der Waals surface area contributed by atoms with Crippen LogP contribution in [-0.4, -0.2) is 47.1 Å². The number of esters is 1. The number of carbonyl (C=O) groups excluding carboxylic acids is 4. The molecule has 268 valence electrons. The zero-order chi connectivity index (χ0) is 36.5. The molecule has 2 aliphatic carbocycles. The molecule has 2 saturated carbocycles. The largest absolute Gasteiger partial charge is 0.483 e. The number of benzene rings is 4. The van der Waals surface area contributed by atoms with Gasteiger partial charge in [-0.25, -0.2) is 4.79 Å². The number of halogens is 1. The summed E-state index contributed by atoms with van der Waals surface area (Å²) in [6.45, 7) is 1.74. The standard InChI is InChI=1S/C40H32BrN3O7S2/c1-2-50-39(48)20-8-12-24(13-9-20)44-37(46)32-26-17-27(33(32)38(44)47)34-31(26)30(35-36(52-34)43-40(49)53-35)25-16-22(41)10-14-28(25)51-18-29(45)42-23-11-7-19-5-3-4-6-21(19)15-23/h3-16,26-27,30-34H,2,17-18H2,1H3,(H,42,45)(H,43,49)/t26-,27-,30-,31?,32?,33?,34?/m1/s1. The van der Waals surface area contributed by atoms with Gasteiger partial charge in [-0.15, -0.1) is 11.8 Å². The van der Waals surface area contributed by atoms with Crippen LogP contribution in [0.4, 0.5) is 11.4 Å². The zero-order valence-electron chi connectivity index (χ0n) is 28.2. The summed E-state index contributed by atoms with van der Waals surface area (Å²) < 4.78 is 12.2. The smallest absolute Gasteiger partial charge is 0.338 e. The average molecular weight is 811 g/mol. The summed E-state index contributed by atoms with van der Waals surface area (Å²) in [6, 6.07) is 25.7. The van der Waals surface area contributed by atoms with Crippen molar-refractivity contribution in [2.45, 2.75) is 29.5 Å². The van der Waals surface area contributed by atoms with Gasteiger partial charge in [0.05, 0.1) is 34.7 Å². The number of aromatic nitrogens is 1. The number of hydrogen-bond donors (Lipinski definition) is 2. The van der Waals surface area contributed by atoms with Crippen molar-refractivity contribution in [1.29, 1.82) is 0 Å². The third-order valence-corrected chi connectivity index (χ3v) is 14.1. The number of thiazole rings is 1. The van der Waals surface area contributed by atoms with E-state index in [2.05, 4.69) is 26.2 Å². The molecule has 2 N–H and O–H groups in total. The van der Waals surface area contributed by atoms with Crippen LogP contribution < -0.4 is 19.8 Å². The molecule has 4 unspecified atom stereocenters. The molecule has 7 atom stereocenters. The van der Waals surface area contributed by atoms with Crippen molar-refractivity contribution in [2.75, 3.05) is 23.4 Å². The Morgan fingerprint density at radius 3 is 2.45 bits per heavy atom. The van der Waals surface area contributed by atoms with Crippen LogP contribution in [0.5, 0.6) is 5.75 Å². The van der Waals surface area contributed by atoms with E-state index < -0.39 is 17.8 Å². The van der Waals surface area contributed by atoms with E-state index in [1.54, 1.807) is 43.0 Å². The van der Waals surface area contributed by atoms with Crippen molar-refractivity contribution in [3.63, 3.8) is 0 Å². The molecule has 10 nitrogen and oxygen atoms in total. The zero-order valence-corrected chi connectivity index (χ0v) is 31.5. The first-order valence-electron chi connectivity index (χ1n) is 17.5. The number of H-pyrrole nitrogens is 1. The summed E-state index contributed by atoms with van der Waals surface area (Å²) in [5.41, 5.74) is 2.26. The van der Waals surface area contributed by atoms with Gasteiger partial charge in [0.15, 0.2) is 6.61 Å². The first-order valence-corrected chi connectivity index (χ1v) is 19.9. The maximum absolute atomic E-state index is 14.3. The Morgan fingerprint density at radius 1 is 0.925 bits per heavy atom. The minimum atomic E-state index is -0.511. The number of fused-ring (bicyclic) bond motifs is 10. The summed E-state index contributed by atoms with van der Waals surface area (Å²) >= 11 is 6.41. The molecule has 0 radical (unpaired) electrons. The summed E-state index contributed by atoms with van der Waals surface area (Å²) in [5.74, 6) is -2.30.